The average molecular weight is 669 g/mol. The van der Waals surface area contributed by atoms with E-state index >= 15 is 0 Å². The van der Waals surface area contributed by atoms with Gasteiger partial charge >= 0.3 is 6.03 Å². The lowest BCUT2D eigenvalue weighted by molar-refractivity contribution is -0.122. The maximum atomic E-state index is 13.2. The molecule has 0 aromatic heterocycles. The van der Waals surface area contributed by atoms with Crippen molar-refractivity contribution < 1.29 is 23.9 Å². The van der Waals surface area contributed by atoms with E-state index in [4.69, 9.17) is 32.7 Å². The molecule has 1 aliphatic rings. The predicted molar refractivity (Wildman–Crippen MR) is 149 cm³/mol. The number of nitrogens with zero attached hydrogens (tertiary/aromatic N) is 1. The number of hydrogen-bond donors (Lipinski definition) is 1. The normalized spacial score (nSPS) is 14.7. The van der Waals surface area contributed by atoms with E-state index in [1.54, 1.807) is 54.6 Å². The predicted octanol–water partition coefficient (Wildman–Crippen LogP) is 7.16. The molecule has 190 valence electrons. The summed E-state index contributed by atoms with van der Waals surface area (Å²) in [5, 5.41) is 3.20. The minimum Gasteiger partial charge on any atom is -0.490 e. The van der Waals surface area contributed by atoms with Crippen LogP contribution < -0.4 is 19.7 Å². The van der Waals surface area contributed by atoms with Crippen molar-refractivity contribution in [1.29, 1.82) is 0 Å². The smallest absolute Gasteiger partial charge is 0.335 e. The fourth-order valence-electron chi connectivity index (χ4n) is 3.54. The Morgan fingerprint density at radius 2 is 1.78 bits per heavy atom. The largest absolute Gasteiger partial charge is 0.490 e. The van der Waals surface area contributed by atoms with E-state index in [-0.39, 0.29) is 12.2 Å². The summed E-state index contributed by atoms with van der Waals surface area (Å²) in [5.41, 5.74) is 1.31. The molecular weight excluding hydrogens is 651 g/mol. The number of amides is 4. The van der Waals surface area contributed by atoms with Gasteiger partial charge in [-0.2, -0.15) is 0 Å². The minimum atomic E-state index is -0.828. The third-order valence-electron chi connectivity index (χ3n) is 5.20. The second kappa shape index (κ2) is 11.7. The monoisotopic (exact) mass is 666 g/mol. The summed E-state index contributed by atoms with van der Waals surface area (Å²) < 4.78 is 13.0. The first-order valence-electron chi connectivity index (χ1n) is 10.9. The molecule has 7 nitrogen and oxygen atoms in total. The van der Waals surface area contributed by atoms with Gasteiger partial charge in [-0.05, 0) is 77.0 Å². The van der Waals surface area contributed by atoms with Gasteiger partial charge in [0.2, 0.25) is 0 Å². The SMILES string of the molecule is CCOc1cc(/C=C2\C(=O)NC(=O)N(c3cccc(Br)c3)C2=O)cc(Br)c1OCc1ccc(Cl)cc1Cl. The summed E-state index contributed by atoms with van der Waals surface area (Å²) in [4.78, 5) is 39.2. The van der Waals surface area contributed by atoms with Gasteiger partial charge in [0.05, 0.1) is 16.8 Å². The lowest BCUT2D eigenvalue weighted by Crippen LogP contribution is -2.54. The molecule has 0 bridgehead atoms. The lowest BCUT2D eigenvalue weighted by Gasteiger charge is -2.26. The molecule has 0 spiro atoms. The molecule has 0 saturated carbocycles. The number of carbonyl (C=O) groups excluding carboxylic acids is 3. The zero-order chi connectivity index (χ0) is 26.7. The van der Waals surface area contributed by atoms with Crippen LogP contribution >= 0.6 is 55.1 Å². The number of anilines is 1. The van der Waals surface area contributed by atoms with Crippen LogP contribution in [0.2, 0.25) is 10.0 Å². The first kappa shape index (κ1) is 27.2. The van der Waals surface area contributed by atoms with Crippen molar-refractivity contribution >= 4 is 84.7 Å². The number of nitrogens with one attached hydrogen (secondary N) is 1. The van der Waals surface area contributed by atoms with E-state index in [9.17, 15) is 14.4 Å². The quantitative estimate of drug-likeness (QED) is 0.213. The Morgan fingerprint density at radius 1 is 1.00 bits per heavy atom. The molecule has 0 unspecified atom stereocenters. The van der Waals surface area contributed by atoms with Crippen LogP contribution in [-0.4, -0.2) is 24.5 Å². The van der Waals surface area contributed by atoms with Crippen molar-refractivity contribution in [2.75, 3.05) is 11.5 Å². The Hall–Kier alpha value is -2.85. The van der Waals surface area contributed by atoms with E-state index < -0.39 is 17.8 Å². The van der Waals surface area contributed by atoms with Crippen molar-refractivity contribution in [3.8, 4) is 11.5 Å². The summed E-state index contributed by atoms with van der Waals surface area (Å²) in [6, 6.07) is 14.2. The number of halogens is 4. The molecule has 1 fully saturated rings. The zero-order valence-electron chi connectivity index (χ0n) is 19.2. The summed E-state index contributed by atoms with van der Waals surface area (Å²) in [5.74, 6) is -0.746. The van der Waals surface area contributed by atoms with Crippen LogP contribution in [0.25, 0.3) is 6.08 Å². The van der Waals surface area contributed by atoms with Crippen LogP contribution in [0, 0.1) is 0 Å². The van der Waals surface area contributed by atoms with Gasteiger partial charge in [-0.25, -0.2) is 9.69 Å². The van der Waals surface area contributed by atoms with E-state index in [1.807, 2.05) is 6.92 Å². The van der Waals surface area contributed by atoms with Crippen molar-refractivity contribution in [2.45, 2.75) is 13.5 Å². The van der Waals surface area contributed by atoms with Gasteiger partial charge in [-0.3, -0.25) is 14.9 Å². The number of barbiturate groups is 1. The number of imide groups is 2. The first-order chi connectivity index (χ1) is 17.7. The Balaban J connectivity index is 1.66. The Kier molecular flexibility index (Phi) is 8.59. The van der Waals surface area contributed by atoms with Crippen LogP contribution in [0.5, 0.6) is 11.5 Å². The van der Waals surface area contributed by atoms with Gasteiger partial charge in [-0.1, -0.05) is 51.3 Å². The second-order valence-corrected chi connectivity index (χ2v) is 10.3. The Labute approximate surface area is 239 Å². The maximum absolute atomic E-state index is 13.2. The number of hydrogen-bond acceptors (Lipinski definition) is 5. The van der Waals surface area contributed by atoms with Gasteiger partial charge in [0, 0.05) is 20.1 Å². The molecule has 0 radical (unpaired) electrons. The highest BCUT2D eigenvalue weighted by atomic mass is 79.9. The van der Waals surface area contributed by atoms with Crippen molar-refractivity contribution in [3.63, 3.8) is 0 Å². The highest BCUT2D eigenvalue weighted by Crippen LogP contribution is 2.39. The summed E-state index contributed by atoms with van der Waals surface area (Å²) in [6.07, 6.45) is 1.39. The molecule has 0 aliphatic carbocycles. The molecule has 11 heteroatoms. The summed E-state index contributed by atoms with van der Waals surface area (Å²) in [6.45, 7) is 2.31. The summed E-state index contributed by atoms with van der Waals surface area (Å²) >= 11 is 19.0. The van der Waals surface area contributed by atoms with Gasteiger partial charge in [-0.15, -0.1) is 0 Å². The van der Waals surface area contributed by atoms with Gasteiger partial charge < -0.3 is 9.47 Å². The van der Waals surface area contributed by atoms with Crippen molar-refractivity contribution in [1.82, 2.24) is 5.32 Å². The number of ether oxygens (including phenoxy) is 2. The topological polar surface area (TPSA) is 84.9 Å². The minimum absolute atomic E-state index is 0.152. The van der Waals surface area contributed by atoms with Gasteiger partial charge in [0.1, 0.15) is 12.2 Å². The second-order valence-electron chi connectivity index (χ2n) is 7.73. The first-order valence-corrected chi connectivity index (χ1v) is 13.2. The van der Waals surface area contributed by atoms with Gasteiger partial charge in [0.15, 0.2) is 11.5 Å². The zero-order valence-corrected chi connectivity index (χ0v) is 23.9. The lowest BCUT2D eigenvalue weighted by atomic mass is 10.1. The fraction of sp³-hybridized carbons (Fsp3) is 0.115. The van der Waals surface area contributed by atoms with Crippen LogP contribution in [0.3, 0.4) is 0 Å². The van der Waals surface area contributed by atoms with Crippen molar-refractivity contribution in [2.24, 2.45) is 0 Å². The molecule has 1 saturated heterocycles. The Morgan fingerprint density at radius 3 is 2.49 bits per heavy atom. The molecule has 1 aliphatic heterocycles. The van der Waals surface area contributed by atoms with E-state index in [0.29, 0.717) is 48.3 Å². The standard InChI is InChI=1S/C26H18Br2Cl2N2O5/c1-2-36-22-10-14(9-20(28)23(22)37-13-15-6-7-17(29)12-21(15)30)8-19-24(33)31-26(35)32(25(19)34)18-5-3-4-16(27)11-18/h3-12H,2,13H2,1H3,(H,31,33,35)/b19-8+. The number of carbonyl (C=O) groups is 3. The van der Waals surface area contributed by atoms with Gasteiger partial charge in [0.25, 0.3) is 11.8 Å². The Bertz CT molecular complexity index is 1440. The van der Waals surface area contributed by atoms with Crippen LogP contribution in [0.4, 0.5) is 10.5 Å². The molecule has 1 heterocycles. The summed E-state index contributed by atoms with van der Waals surface area (Å²) in [7, 11) is 0. The molecule has 37 heavy (non-hydrogen) atoms. The molecular formula is C26H18Br2Cl2N2O5. The molecule has 0 atom stereocenters. The fourth-order valence-corrected chi connectivity index (χ4v) is 4.96. The molecule has 3 aromatic rings. The highest BCUT2D eigenvalue weighted by molar-refractivity contribution is 9.10. The average Bonchev–Trinajstić information content (AvgIpc) is 2.82. The number of urea groups is 1. The number of benzene rings is 3. The third-order valence-corrected chi connectivity index (χ3v) is 6.87. The van der Waals surface area contributed by atoms with E-state index in [2.05, 4.69) is 37.2 Å². The van der Waals surface area contributed by atoms with Crippen LogP contribution in [0.15, 0.2) is 69.1 Å². The van der Waals surface area contributed by atoms with Crippen LogP contribution in [-0.2, 0) is 16.2 Å². The third kappa shape index (κ3) is 6.18. The molecule has 3 aromatic carbocycles. The van der Waals surface area contributed by atoms with Crippen molar-refractivity contribution in [3.05, 3.63) is 90.3 Å². The molecule has 4 amide bonds. The number of rotatable bonds is 7. The highest BCUT2D eigenvalue weighted by Gasteiger charge is 2.37. The van der Waals surface area contributed by atoms with Crippen LogP contribution in [0.1, 0.15) is 18.1 Å². The maximum Gasteiger partial charge on any atom is 0.335 e. The van der Waals surface area contributed by atoms with E-state index in [0.717, 1.165) is 10.5 Å². The molecule has 1 N–H and O–H groups in total. The van der Waals surface area contributed by atoms with E-state index in [1.165, 1.54) is 6.08 Å². The molecule has 4 rings (SSSR count).